The fraction of sp³-hybridized carbons (Fsp3) is 0.455. The van der Waals surface area contributed by atoms with Crippen molar-refractivity contribution in [1.29, 1.82) is 0 Å². The fourth-order valence-electron chi connectivity index (χ4n) is 4.51. The molecule has 150 valence electrons. The molecule has 1 aromatic carbocycles. The van der Waals surface area contributed by atoms with Crippen molar-refractivity contribution in [1.82, 2.24) is 24.6 Å². The number of nitrogens with one attached hydrogen (secondary N) is 1. The minimum atomic E-state index is -0.170. The summed E-state index contributed by atoms with van der Waals surface area (Å²) in [6.07, 6.45) is 5.77. The van der Waals surface area contributed by atoms with Crippen molar-refractivity contribution in [2.45, 2.75) is 51.0 Å². The van der Waals surface area contributed by atoms with E-state index in [2.05, 4.69) is 10.1 Å². The maximum Gasteiger partial charge on any atom is 0.267 e. The first-order valence-corrected chi connectivity index (χ1v) is 10.5. The zero-order chi connectivity index (χ0) is 19.8. The van der Waals surface area contributed by atoms with E-state index in [1.54, 1.807) is 6.07 Å². The van der Waals surface area contributed by atoms with E-state index in [0.717, 1.165) is 66.6 Å². The second-order valence-electron chi connectivity index (χ2n) is 8.11. The summed E-state index contributed by atoms with van der Waals surface area (Å²) in [5, 5.41) is 4.48. The monoisotopic (exact) mass is 391 g/mol. The summed E-state index contributed by atoms with van der Waals surface area (Å²) in [7, 11) is 0. The van der Waals surface area contributed by atoms with Crippen LogP contribution in [0, 0.1) is 0 Å². The van der Waals surface area contributed by atoms with E-state index in [-0.39, 0.29) is 18.0 Å². The Morgan fingerprint density at radius 2 is 1.93 bits per heavy atom. The second-order valence-corrected chi connectivity index (χ2v) is 8.11. The molecule has 1 saturated heterocycles. The Morgan fingerprint density at radius 1 is 1.14 bits per heavy atom. The highest BCUT2D eigenvalue weighted by molar-refractivity contribution is 5.76. The Labute approximate surface area is 168 Å². The van der Waals surface area contributed by atoms with Gasteiger partial charge in [0.15, 0.2) is 0 Å². The Bertz CT molecular complexity index is 1070. The number of amides is 1. The van der Waals surface area contributed by atoms with Crippen molar-refractivity contribution in [2.24, 2.45) is 0 Å². The molecule has 0 spiro atoms. The minimum absolute atomic E-state index is 0.0292. The number of carbonyl (C=O) groups is 1. The molecule has 1 aliphatic carbocycles. The number of hydrogen-bond acceptors (Lipinski definition) is 4. The molecule has 0 saturated carbocycles. The van der Waals surface area contributed by atoms with Crippen LogP contribution in [0.4, 0.5) is 0 Å². The number of benzene rings is 1. The number of likely N-dealkylation sites (tertiary alicyclic amines) is 1. The summed E-state index contributed by atoms with van der Waals surface area (Å²) < 4.78 is 1.35. The topological polar surface area (TPSA) is 83.9 Å². The van der Waals surface area contributed by atoms with Crippen molar-refractivity contribution < 1.29 is 4.79 Å². The van der Waals surface area contributed by atoms with Gasteiger partial charge in [0.05, 0.1) is 16.7 Å². The maximum absolute atomic E-state index is 12.8. The average Bonchev–Trinajstić information content (AvgIpc) is 3.19. The van der Waals surface area contributed by atoms with E-state index in [1.165, 1.54) is 4.68 Å². The van der Waals surface area contributed by atoms with Crippen LogP contribution in [0.1, 0.15) is 48.7 Å². The van der Waals surface area contributed by atoms with E-state index in [1.807, 2.05) is 29.2 Å². The average molecular weight is 391 g/mol. The highest BCUT2D eigenvalue weighted by Gasteiger charge is 2.26. The van der Waals surface area contributed by atoms with Crippen molar-refractivity contribution in [3.63, 3.8) is 0 Å². The molecular weight excluding hydrogens is 366 g/mol. The van der Waals surface area contributed by atoms with Crippen LogP contribution in [0.25, 0.3) is 11.0 Å². The summed E-state index contributed by atoms with van der Waals surface area (Å²) in [5.41, 5.74) is 3.90. The summed E-state index contributed by atoms with van der Waals surface area (Å²) in [4.78, 5) is 35.1. The Morgan fingerprint density at radius 3 is 2.76 bits per heavy atom. The predicted molar refractivity (Wildman–Crippen MR) is 110 cm³/mol. The smallest absolute Gasteiger partial charge is 0.267 e. The lowest BCUT2D eigenvalue weighted by Crippen LogP contribution is -2.42. The van der Waals surface area contributed by atoms with E-state index in [9.17, 15) is 9.59 Å². The second kappa shape index (κ2) is 7.46. The van der Waals surface area contributed by atoms with Gasteiger partial charge in [0.1, 0.15) is 12.4 Å². The van der Waals surface area contributed by atoms with Crippen LogP contribution < -0.4 is 5.56 Å². The molecule has 7 heteroatoms. The van der Waals surface area contributed by atoms with Gasteiger partial charge >= 0.3 is 0 Å². The number of piperidine rings is 1. The third-order valence-electron chi connectivity index (χ3n) is 6.20. The molecule has 0 unspecified atom stereocenters. The molecule has 1 fully saturated rings. The predicted octanol–water partition coefficient (Wildman–Crippen LogP) is 2.40. The van der Waals surface area contributed by atoms with Crippen LogP contribution >= 0.6 is 0 Å². The molecule has 2 aliphatic rings. The zero-order valence-corrected chi connectivity index (χ0v) is 16.4. The standard InChI is InChI=1S/C22H25N5O2/c28-20-13-16-5-1-2-6-17(16)25-27(20)14-21(29)26-11-9-15(10-12-26)22-23-18-7-3-4-8-19(18)24-22/h3-4,7-8,13,15H,1-2,5-6,9-12,14H2,(H,23,24). The number of carbonyl (C=O) groups excluding carboxylic acids is 1. The highest BCUT2D eigenvalue weighted by Crippen LogP contribution is 2.27. The van der Waals surface area contributed by atoms with Gasteiger partial charge in [0.2, 0.25) is 5.91 Å². The number of H-pyrrole nitrogens is 1. The van der Waals surface area contributed by atoms with Crippen LogP contribution in [0.15, 0.2) is 35.1 Å². The largest absolute Gasteiger partial charge is 0.342 e. The lowest BCUT2D eigenvalue weighted by Gasteiger charge is -2.31. The van der Waals surface area contributed by atoms with Gasteiger partial charge in [-0.25, -0.2) is 9.67 Å². The minimum Gasteiger partial charge on any atom is -0.342 e. The normalized spacial score (nSPS) is 17.4. The number of hydrogen-bond donors (Lipinski definition) is 1. The fourth-order valence-corrected chi connectivity index (χ4v) is 4.51. The number of rotatable bonds is 3. The molecule has 0 atom stereocenters. The zero-order valence-electron chi connectivity index (χ0n) is 16.4. The SMILES string of the molecule is O=C(Cn1nc2c(cc1=O)CCCC2)N1CCC(c2nc3ccccc3[nH]2)CC1. The molecule has 7 nitrogen and oxygen atoms in total. The number of aromatic nitrogens is 4. The first-order chi connectivity index (χ1) is 14.2. The molecule has 0 bridgehead atoms. The van der Waals surface area contributed by atoms with Crippen LogP contribution in [-0.4, -0.2) is 43.6 Å². The van der Waals surface area contributed by atoms with Gasteiger partial charge in [-0.1, -0.05) is 12.1 Å². The third-order valence-corrected chi connectivity index (χ3v) is 6.20. The Balaban J connectivity index is 1.24. The third kappa shape index (κ3) is 3.57. The maximum atomic E-state index is 12.8. The number of fused-ring (bicyclic) bond motifs is 2. The first-order valence-electron chi connectivity index (χ1n) is 10.5. The van der Waals surface area contributed by atoms with Crippen molar-refractivity contribution in [3.8, 4) is 0 Å². The molecule has 5 rings (SSSR count). The van der Waals surface area contributed by atoms with Gasteiger partial charge in [-0.2, -0.15) is 5.10 Å². The van der Waals surface area contributed by atoms with E-state index >= 15 is 0 Å². The Kier molecular flexibility index (Phi) is 4.66. The summed E-state index contributed by atoms with van der Waals surface area (Å²) in [6, 6.07) is 9.71. The van der Waals surface area contributed by atoms with Crippen LogP contribution in [0.5, 0.6) is 0 Å². The molecule has 0 radical (unpaired) electrons. The van der Waals surface area contributed by atoms with Crippen molar-refractivity contribution in [3.05, 3.63) is 57.8 Å². The quantitative estimate of drug-likeness (QED) is 0.743. The number of imidazole rings is 1. The number of aromatic amines is 1. The lowest BCUT2D eigenvalue weighted by atomic mass is 9.96. The number of para-hydroxylation sites is 2. The summed E-state index contributed by atoms with van der Waals surface area (Å²) in [6.45, 7) is 1.39. The van der Waals surface area contributed by atoms with Gasteiger partial charge in [-0.3, -0.25) is 9.59 Å². The molecule has 3 heterocycles. The molecular formula is C22H25N5O2. The lowest BCUT2D eigenvalue weighted by molar-refractivity contribution is -0.133. The molecule has 1 aliphatic heterocycles. The number of aryl methyl sites for hydroxylation is 2. The summed E-state index contributed by atoms with van der Waals surface area (Å²) >= 11 is 0. The van der Waals surface area contributed by atoms with E-state index in [0.29, 0.717) is 19.0 Å². The van der Waals surface area contributed by atoms with Gasteiger partial charge in [0.25, 0.3) is 5.56 Å². The van der Waals surface area contributed by atoms with Crippen LogP contribution in [-0.2, 0) is 24.2 Å². The molecule has 29 heavy (non-hydrogen) atoms. The van der Waals surface area contributed by atoms with Gasteiger partial charge < -0.3 is 9.88 Å². The number of nitrogens with zero attached hydrogens (tertiary/aromatic N) is 4. The van der Waals surface area contributed by atoms with E-state index < -0.39 is 0 Å². The van der Waals surface area contributed by atoms with Crippen LogP contribution in [0.3, 0.4) is 0 Å². The molecule has 1 N–H and O–H groups in total. The van der Waals surface area contributed by atoms with Crippen molar-refractivity contribution in [2.75, 3.05) is 13.1 Å². The highest BCUT2D eigenvalue weighted by atomic mass is 16.2. The van der Waals surface area contributed by atoms with Crippen LogP contribution in [0.2, 0.25) is 0 Å². The first kappa shape index (κ1) is 18.1. The van der Waals surface area contributed by atoms with Gasteiger partial charge in [-0.15, -0.1) is 0 Å². The Hall–Kier alpha value is -2.96. The summed E-state index contributed by atoms with van der Waals surface area (Å²) in [5.74, 6) is 1.31. The molecule has 3 aromatic rings. The van der Waals surface area contributed by atoms with Gasteiger partial charge in [0, 0.05) is 25.1 Å². The van der Waals surface area contributed by atoms with E-state index in [4.69, 9.17) is 4.98 Å². The van der Waals surface area contributed by atoms with Crippen molar-refractivity contribution >= 4 is 16.9 Å². The molecule has 1 amide bonds. The molecule has 2 aromatic heterocycles. The van der Waals surface area contributed by atoms with Gasteiger partial charge in [-0.05, 0) is 56.2 Å².